The number of anilines is 1. The van der Waals surface area contributed by atoms with Crippen LogP contribution in [-0.4, -0.2) is 16.8 Å². The maximum absolute atomic E-state index is 13.7. The highest BCUT2D eigenvalue weighted by Gasteiger charge is 2.47. The summed E-state index contributed by atoms with van der Waals surface area (Å²) in [6, 6.07) is 17.9. The van der Waals surface area contributed by atoms with Crippen LogP contribution in [-0.2, 0) is 9.59 Å². The number of carbonyl (C=O) groups excluding carboxylic acids is 2. The van der Waals surface area contributed by atoms with Gasteiger partial charge >= 0.3 is 0 Å². The van der Waals surface area contributed by atoms with Crippen LogP contribution in [0.1, 0.15) is 17.2 Å². The lowest BCUT2D eigenvalue weighted by molar-refractivity contribution is -0.132. The molecule has 0 saturated carbocycles. The molecule has 1 fully saturated rings. The smallest absolute Gasteiger partial charge is 0.300 e. The predicted molar refractivity (Wildman–Crippen MR) is 114 cm³/mol. The molecule has 3 aromatic rings. The van der Waals surface area contributed by atoms with E-state index in [2.05, 4.69) is 0 Å². The van der Waals surface area contributed by atoms with Crippen LogP contribution in [0, 0.1) is 5.82 Å². The van der Waals surface area contributed by atoms with E-state index in [0.717, 1.165) is 6.07 Å². The van der Waals surface area contributed by atoms with Gasteiger partial charge in [0.25, 0.3) is 11.7 Å². The molecule has 150 valence electrons. The SMILES string of the molecule is O=C1C(=O)N(c2ccc(F)c(Cl)c2)C(c2ccccc2)/C1=C(\O)c1ccc(Cl)cc1. The van der Waals surface area contributed by atoms with Crippen LogP contribution in [0.3, 0.4) is 0 Å². The van der Waals surface area contributed by atoms with Crippen molar-refractivity contribution in [2.24, 2.45) is 0 Å². The maximum Gasteiger partial charge on any atom is 0.300 e. The second kappa shape index (κ2) is 7.94. The summed E-state index contributed by atoms with van der Waals surface area (Å²) in [5.41, 5.74) is 1.12. The highest BCUT2D eigenvalue weighted by atomic mass is 35.5. The van der Waals surface area contributed by atoms with Crippen LogP contribution in [0.4, 0.5) is 10.1 Å². The Morgan fingerprint density at radius 2 is 1.60 bits per heavy atom. The van der Waals surface area contributed by atoms with Crippen molar-refractivity contribution >= 4 is 46.3 Å². The summed E-state index contributed by atoms with van der Waals surface area (Å²) in [7, 11) is 0. The number of Topliss-reactive ketones (excluding diaryl/α,β-unsaturated/α-hetero) is 1. The largest absolute Gasteiger partial charge is 0.507 e. The second-order valence-corrected chi connectivity index (χ2v) is 7.53. The summed E-state index contributed by atoms with van der Waals surface area (Å²) in [4.78, 5) is 27.1. The minimum absolute atomic E-state index is 0.0750. The molecule has 1 amide bonds. The minimum atomic E-state index is -0.914. The number of aliphatic hydroxyl groups is 1. The van der Waals surface area contributed by atoms with Crippen molar-refractivity contribution in [3.05, 3.63) is 105 Å². The summed E-state index contributed by atoms with van der Waals surface area (Å²) in [6.45, 7) is 0. The van der Waals surface area contributed by atoms with Gasteiger partial charge in [0, 0.05) is 16.3 Å². The van der Waals surface area contributed by atoms with Gasteiger partial charge in [-0.25, -0.2) is 4.39 Å². The Morgan fingerprint density at radius 3 is 2.23 bits per heavy atom. The van der Waals surface area contributed by atoms with E-state index in [4.69, 9.17) is 23.2 Å². The zero-order valence-electron chi connectivity index (χ0n) is 15.4. The molecule has 4 rings (SSSR count). The average molecular weight is 442 g/mol. The first-order valence-electron chi connectivity index (χ1n) is 8.95. The lowest BCUT2D eigenvalue weighted by Crippen LogP contribution is -2.29. The van der Waals surface area contributed by atoms with E-state index in [-0.39, 0.29) is 22.0 Å². The van der Waals surface area contributed by atoms with Gasteiger partial charge in [-0.05, 0) is 48.0 Å². The third-order valence-electron chi connectivity index (χ3n) is 4.86. The Kier molecular flexibility index (Phi) is 5.33. The van der Waals surface area contributed by atoms with Gasteiger partial charge in [0.05, 0.1) is 16.6 Å². The normalized spacial score (nSPS) is 18.1. The molecular weight excluding hydrogens is 428 g/mol. The molecule has 0 bridgehead atoms. The van der Waals surface area contributed by atoms with E-state index in [9.17, 15) is 19.1 Å². The van der Waals surface area contributed by atoms with Crippen molar-refractivity contribution in [1.82, 2.24) is 0 Å². The molecule has 1 unspecified atom stereocenters. The fraction of sp³-hybridized carbons (Fsp3) is 0.0435. The Balaban J connectivity index is 1.94. The van der Waals surface area contributed by atoms with Gasteiger partial charge < -0.3 is 5.11 Å². The van der Waals surface area contributed by atoms with Crippen molar-refractivity contribution in [1.29, 1.82) is 0 Å². The van der Waals surface area contributed by atoms with E-state index < -0.39 is 23.5 Å². The molecular formula is C23H14Cl2FNO3. The zero-order chi connectivity index (χ0) is 21.4. The van der Waals surface area contributed by atoms with Crippen LogP contribution in [0.25, 0.3) is 5.76 Å². The molecule has 1 aliphatic heterocycles. The number of amides is 1. The lowest BCUT2D eigenvalue weighted by atomic mass is 9.95. The average Bonchev–Trinajstić information content (AvgIpc) is 3.01. The highest BCUT2D eigenvalue weighted by Crippen LogP contribution is 2.42. The molecule has 0 aromatic heterocycles. The number of hydrogen-bond donors (Lipinski definition) is 1. The molecule has 30 heavy (non-hydrogen) atoms. The number of rotatable bonds is 3. The highest BCUT2D eigenvalue weighted by molar-refractivity contribution is 6.51. The number of nitrogens with zero attached hydrogens (tertiary/aromatic N) is 1. The van der Waals surface area contributed by atoms with Crippen molar-refractivity contribution in [3.8, 4) is 0 Å². The molecule has 1 N–H and O–H groups in total. The first kappa shape index (κ1) is 20.1. The van der Waals surface area contributed by atoms with Gasteiger partial charge in [-0.3, -0.25) is 14.5 Å². The van der Waals surface area contributed by atoms with Gasteiger partial charge in [-0.1, -0.05) is 53.5 Å². The van der Waals surface area contributed by atoms with Gasteiger partial charge in [-0.2, -0.15) is 0 Å². The predicted octanol–water partition coefficient (Wildman–Crippen LogP) is 5.76. The van der Waals surface area contributed by atoms with Gasteiger partial charge in [0.15, 0.2) is 0 Å². The van der Waals surface area contributed by atoms with E-state index in [1.165, 1.54) is 17.0 Å². The first-order chi connectivity index (χ1) is 14.4. The maximum atomic E-state index is 13.7. The van der Waals surface area contributed by atoms with Crippen molar-refractivity contribution in [2.75, 3.05) is 4.90 Å². The fourth-order valence-corrected chi connectivity index (χ4v) is 3.75. The molecule has 4 nitrogen and oxygen atoms in total. The minimum Gasteiger partial charge on any atom is -0.507 e. The monoisotopic (exact) mass is 441 g/mol. The Hall–Kier alpha value is -3.15. The second-order valence-electron chi connectivity index (χ2n) is 6.69. The molecule has 3 aromatic carbocycles. The summed E-state index contributed by atoms with van der Waals surface area (Å²) in [6.07, 6.45) is 0. The Bertz CT molecular complexity index is 1180. The van der Waals surface area contributed by atoms with E-state index in [1.807, 2.05) is 0 Å². The summed E-state index contributed by atoms with van der Waals surface area (Å²) in [5, 5.41) is 11.2. The molecule has 0 spiro atoms. The number of ketones is 1. The summed E-state index contributed by atoms with van der Waals surface area (Å²) >= 11 is 11.8. The first-order valence-corrected chi connectivity index (χ1v) is 9.71. The number of hydrogen-bond acceptors (Lipinski definition) is 3. The topological polar surface area (TPSA) is 57.6 Å². The van der Waals surface area contributed by atoms with Gasteiger partial charge in [-0.15, -0.1) is 0 Å². The van der Waals surface area contributed by atoms with Crippen molar-refractivity contribution in [2.45, 2.75) is 6.04 Å². The van der Waals surface area contributed by atoms with Crippen molar-refractivity contribution < 1.29 is 19.1 Å². The third kappa shape index (κ3) is 3.47. The van der Waals surface area contributed by atoms with Crippen molar-refractivity contribution in [3.63, 3.8) is 0 Å². The molecule has 1 aliphatic rings. The molecule has 7 heteroatoms. The van der Waals surface area contributed by atoms with Crippen LogP contribution in [0.15, 0.2) is 78.4 Å². The number of halogens is 3. The number of carbonyl (C=O) groups is 2. The zero-order valence-corrected chi connectivity index (χ0v) is 16.9. The Morgan fingerprint density at radius 1 is 0.933 bits per heavy atom. The lowest BCUT2D eigenvalue weighted by Gasteiger charge is -2.25. The molecule has 0 radical (unpaired) electrons. The van der Waals surface area contributed by atoms with Crippen LogP contribution >= 0.6 is 23.2 Å². The van der Waals surface area contributed by atoms with Crippen LogP contribution in [0.2, 0.25) is 10.0 Å². The summed E-state index contributed by atoms with van der Waals surface area (Å²) in [5.74, 6) is -2.66. The molecule has 1 saturated heterocycles. The van der Waals surface area contributed by atoms with Crippen LogP contribution < -0.4 is 4.90 Å². The number of aliphatic hydroxyl groups excluding tert-OH is 1. The fourth-order valence-electron chi connectivity index (χ4n) is 3.45. The standard InChI is InChI=1S/C23H14Cl2FNO3/c24-15-8-6-14(7-9-15)21(28)19-20(13-4-2-1-3-5-13)27(23(30)22(19)29)16-10-11-18(26)17(25)12-16/h1-12,20,28H/b21-19+. The van der Waals surface area contributed by atoms with Gasteiger partial charge in [0.2, 0.25) is 0 Å². The molecule has 1 atom stereocenters. The number of benzene rings is 3. The van der Waals surface area contributed by atoms with E-state index in [0.29, 0.717) is 16.1 Å². The molecule has 1 heterocycles. The Labute approximate surface area is 181 Å². The quantitative estimate of drug-likeness (QED) is 0.319. The molecule has 0 aliphatic carbocycles. The van der Waals surface area contributed by atoms with E-state index >= 15 is 0 Å². The van der Waals surface area contributed by atoms with E-state index in [1.54, 1.807) is 54.6 Å². The van der Waals surface area contributed by atoms with Crippen LogP contribution in [0.5, 0.6) is 0 Å². The van der Waals surface area contributed by atoms with Gasteiger partial charge in [0.1, 0.15) is 11.6 Å². The third-order valence-corrected chi connectivity index (χ3v) is 5.40. The summed E-state index contributed by atoms with van der Waals surface area (Å²) < 4.78 is 13.7.